The molecule has 0 aliphatic heterocycles. The summed E-state index contributed by atoms with van der Waals surface area (Å²) in [5.74, 6) is 1.43. The van der Waals surface area contributed by atoms with E-state index < -0.39 is 6.10 Å². The first-order valence-electron chi connectivity index (χ1n) is 6.53. The molecule has 0 radical (unpaired) electrons. The highest BCUT2D eigenvalue weighted by Crippen LogP contribution is 2.25. The van der Waals surface area contributed by atoms with Crippen LogP contribution in [0.25, 0.3) is 10.9 Å². The molecule has 0 fully saturated rings. The summed E-state index contributed by atoms with van der Waals surface area (Å²) in [6, 6.07) is 17.3. The van der Waals surface area contributed by atoms with Gasteiger partial charge in [-0.1, -0.05) is 30.3 Å². The number of hydrogen-bond donors (Lipinski definition) is 1. The van der Waals surface area contributed by atoms with Gasteiger partial charge in [-0.25, -0.2) is 0 Å². The molecule has 2 aromatic carbocycles. The fourth-order valence-electron chi connectivity index (χ4n) is 2.06. The molecule has 0 aliphatic carbocycles. The van der Waals surface area contributed by atoms with Crippen LogP contribution in [0.2, 0.25) is 0 Å². The molecule has 100 valence electrons. The zero-order chi connectivity index (χ0) is 13.9. The smallest absolute Gasteiger partial charge is 0.146 e. The standard InChI is InChI=1S/C17H15NO2/c1-12(19)13-6-8-15(9-7-13)20-16-10-14-4-2-3-5-17(14)18-11-16/h2-12,19H,1H3/t12-/m0/s1. The number of para-hydroxylation sites is 1. The van der Waals surface area contributed by atoms with Crippen molar-refractivity contribution in [1.82, 2.24) is 4.98 Å². The zero-order valence-corrected chi connectivity index (χ0v) is 11.2. The molecular weight excluding hydrogens is 250 g/mol. The van der Waals surface area contributed by atoms with E-state index in [1.165, 1.54) is 0 Å². The van der Waals surface area contributed by atoms with Gasteiger partial charge < -0.3 is 9.84 Å². The maximum atomic E-state index is 9.47. The van der Waals surface area contributed by atoms with Crippen molar-refractivity contribution >= 4 is 10.9 Å². The van der Waals surface area contributed by atoms with E-state index in [0.29, 0.717) is 5.75 Å². The molecule has 0 spiro atoms. The Kier molecular flexibility index (Phi) is 3.35. The fraction of sp³-hybridized carbons (Fsp3) is 0.118. The number of pyridine rings is 1. The molecule has 0 aliphatic rings. The van der Waals surface area contributed by atoms with Crippen LogP contribution in [0.15, 0.2) is 60.8 Å². The summed E-state index contributed by atoms with van der Waals surface area (Å²) in [6.07, 6.45) is 1.25. The Morgan fingerprint density at radius 1 is 1.00 bits per heavy atom. The van der Waals surface area contributed by atoms with E-state index in [-0.39, 0.29) is 0 Å². The number of aromatic nitrogens is 1. The fourth-order valence-corrected chi connectivity index (χ4v) is 2.06. The lowest BCUT2D eigenvalue weighted by Gasteiger charge is -2.08. The van der Waals surface area contributed by atoms with E-state index in [0.717, 1.165) is 22.2 Å². The van der Waals surface area contributed by atoms with Gasteiger partial charge in [-0.05, 0) is 36.8 Å². The van der Waals surface area contributed by atoms with Crippen molar-refractivity contribution in [2.75, 3.05) is 0 Å². The molecule has 3 heteroatoms. The van der Waals surface area contributed by atoms with Gasteiger partial charge in [-0.2, -0.15) is 0 Å². The van der Waals surface area contributed by atoms with Gasteiger partial charge >= 0.3 is 0 Å². The minimum atomic E-state index is -0.466. The Morgan fingerprint density at radius 2 is 1.75 bits per heavy atom. The monoisotopic (exact) mass is 265 g/mol. The van der Waals surface area contributed by atoms with Crippen molar-refractivity contribution in [2.45, 2.75) is 13.0 Å². The first-order valence-corrected chi connectivity index (χ1v) is 6.53. The Balaban J connectivity index is 1.85. The van der Waals surface area contributed by atoms with Crippen molar-refractivity contribution < 1.29 is 9.84 Å². The highest BCUT2D eigenvalue weighted by Gasteiger charge is 2.03. The minimum absolute atomic E-state index is 0.466. The summed E-state index contributed by atoms with van der Waals surface area (Å²) >= 11 is 0. The summed E-state index contributed by atoms with van der Waals surface area (Å²) in [5.41, 5.74) is 1.82. The van der Waals surface area contributed by atoms with Crippen LogP contribution in [0.4, 0.5) is 0 Å². The van der Waals surface area contributed by atoms with Gasteiger partial charge in [-0.15, -0.1) is 0 Å². The second kappa shape index (κ2) is 5.31. The summed E-state index contributed by atoms with van der Waals surface area (Å²) in [4.78, 5) is 4.36. The van der Waals surface area contributed by atoms with Crippen LogP contribution in [-0.2, 0) is 0 Å². The molecule has 0 bridgehead atoms. The Bertz CT molecular complexity index is 720. The van der Waals surface area contributed by atoms with E-state index in [1.54, 1.807) is 13.1 Å². The Morgan fingerprint density at radius 3 is 2.50 bits per heavy atom. The molecule has 0 saturated carbocycles. The molecule has 3 rings (SSSR count). The van der Waals surface area contributed by atoms with E-state index >= 15 is 0 Å². The van der Waals surface area contributed by atoms with E-state index in [2.05, 4.69) is 4.98 Å². The van der Waals surface area contributed by atoms with Crippen molar-refractivity contribution in [3.05, 3.63) is 66.4 Å². The molecule has 0 unspecified atom stereocenters. The lowest BCUT2D eigenvalue weighted by Crippen LogP contribution is -1.91. The average molecular weight is 265 g/mol. The molecule has 0 saturated heterocycles. The van der Waals surface area contributed by atoms with Gasteiger partial charge in [0.15, 0.2) is 0 Å². The van der Waals surface area contributed by atoms with E-state index in [9.17, 15) is 5.11 Å². The predicted molar refractivity (Wildman–Crippen MR) is 78.9 cm³/mol. The largest absolute Gasteiger partial charge is 0.456 e. The third-order valence-electron chi connectivity index (χ3n) is 3.16. The Hall–Kier alpha value is -2.39. The molecule has 1 aromatic heterocycles. The number of aliphatic hydroxyl groups excluding tert-OH is 1. The number of ether oxygens (including phenoxy) is 1. The van der Waals surface area contributed by atoms with Crippen molar-refractivity contribution in [2.24, 2.45) is 0 Å². The lowest BCUT2D eigenvalue weighted by molar-refractivity contribution is 0.199. The molecular formula is C17H15NO2. The number of rotatable bonds is 3. The Labute approximate surface area is 117 Å². The summed E-state index contributed by atoms with van der Waals surface area (Å²) in [5, 5.41) is 10.5. The van der Waals surface area contributed by atoms with Gasteiger partial charge in [0.25, 0.3) is 0 Å². The van der Waals surface area contributed by atoms with Crippen molar-refractivity contribution in [3.63, 3.8) is 0 Å². The molecule has 20 heavy (non-hydrogen) atoms. The molecule has 3 nitrogen and oxygen atoms in total. The third-order valence-corrected chi connectivity index (χ3v) is 3.16. The second-order valence-corrected chi connectivity index (χ2v) is 4.71. The lowest BCUT2D eigenvalue weighted by atomic mass is 10.1. The van der Waals surface area contributed by atoms with Crippen LogP contribution in [0.5, 0.6) is 11.5 Å². The molecule has 0 amide bonds. The first-order chi connectivity index (χ1) is 9.72. The van der Waals surface area contributed by atoms with Crippen LogP contribution < -0.4 is 4.74 Å². The summed E-state index contributed by atoms with van der Waals surface area (Å²) in [7, 11) is 0. The van der Waals surface area contributed by atoms with Gasteiger partial charge in [0.05, 0.1) is 17.8 Å². The van der Waals surface area contributed by atoms with Crippen molar-refractivity contribution in [1.29, 1.82) is 0 Å². The molecule has 1 heterocycles. The number of nitrogens with zero attached hydrogens (tertiary/aromatic N) is 1. The minimum Gasteiger partial charge on any atom is -0.456 e. The van der Waals surface area contributed by atoms with Gasteiger partial charge in [0.2, 0.25) is 0 Å². The van der Waals surface area contributed by atoms with E-state index in [4.69, 9.17) is 4.74 Å². The maximum Gasteiger partial charge on any atom is 0.146 e. The van der Waals surface area contributed by atoms with Gasteiger partial charge in [0, 0.05) is 5.39 Å². The SMILES string of the molecule is C[C@H](O)c1ccc(Oc2cnc3ccccc3c2)cc1. The molecule has 1 N–H and O–H groups in total. The first kappa shape index (κ1) is 12.6. The van der Waals surface area contributed by atoms with E-state index in [1.807, 2.05) is 54.6 Å². The number of hydrogen-bond acceptors (Lipinski definition) is 3. The summed E-state index contributed by atoms with van der Waals surface area (Å²) in [6.45, 7) is 1.74. The predicted octanol–water partition coefficient (Wildman–Crippen LogP) is 4.08. The van der Waals surface area contributed by atoms with Crippen LogP contribution in [0, 0.1) is 0 Å². The normalized spacial score (nSPS) is 12.3. The van der Waals surface area contributed by atoms with Gasteiger partial charge in [0.1, 0.15) is 11.5 Å². The highest BCUT2D eigenvalue weighted by molar-refractivity contribution is 5.79. The quantitative estimate of drug-likeness (QED) is 0.775. The van der Waals surface area contributed by atoms with Crippen LogP contribution in [0.1, 0.15) is 18.6 Å². The number of aliphatic hydroxyl groups is 1. The van der Waals surface area contributed by atoms with Crippen LogP contribution >= 0.6 is 0 Å². The van der Waals surface area contributed by atoms with Crippen molar-refractivity contribution in [3.8, 4) is 11.5 Å². The zero-order valence-electron chi connectivity index (χ0n) is 11.2. The summed E-state index contributed by atoms with van der Waals surface area (Å²) < 4.78 is 5.78. The molecule has 3 aromatic rings. The topological polar surface area (TPSA) is 42.4 Å². The van der Waals surface area contributed by atoms with Crippen LogP contribution in [0.3, 0.4) is 0 Å². The van der Waals surface area contributed by atoms with Crippen LogP contribution in [-0.4, -0.2) is 10.1 Å². The third kappa shape index (κ3) is 2.63. The number of benzene rings is 2. The molecule has 1 atom stereocenters. The maximum absolute atomic E-state index is 9.47. The highest BCUT2D eigenvalue weighted by atomic mass is 16.5. The second-order valence-electron chi connectivity index (χ2n) is 4.71. The number of fused-ring (bicyclic) bond motifs is 1. The van der Waals surface area contributed by atoms with Gasteiger partial charge in [-0.3, -0.25) is 4.98 Å². The average Bonchev–Trinajstić information content (AvgIpc) is 2.48.